The summed E-state index contributed by atoms with van der Waals surface area (Å²) in [6.07, 6.45) is 1.36. The number of hydrogen-bond donors (Lipinski definition) is 2. The fourth-order valence-corrected chi connectivity index (χ4v) is 3.76. The summed E-state index contributed by atoms with van der Waals surface area (Å²) in [6.45, 7) is 3.10. The van der Waals surface area contributed by atoms with E-state index in [-0.39, 0.29) is 30.0 Å². The molecule has 6 nitrogen and oxygen atoms in total. The Morgan fingerprint density at radius 2 is 1.88 bits per heavy atom. The smallest absolute Gasteiger partial charge is 0.191 e. The van der Waals surface area contributed by atoms with Crippen LogP contribution in [0, 0.1) is 11.6 Å². The van der Waals surface area contributed by atoms with Crippen molar-refractivity contribution < 1.29 is 18.3 Å². The first-order valence-electron chi connectivity index (χ1n) is 10.4. The van der Waals surface area contributed by atoms with Crippen molar-refractivity contribution >= 4 is 29.9 Å². The van der Waals surface area contributed by atoms with Crippen LogP contribution in [0.5, 0.6) is 11.5 Å². The highest BCUT2D eigenvalue weighted by Gasteiger charge is 2.23. The summed E-state index contributed by atoms with van der Waals surface area (Å²) in [4.78, 5) is 6.61. The van der Waals surface area contributed by atoms with Crippen molar-refractivity contribution in [2.24, 2.45) is 4.99 Å². The second-order valence-electron chi connectivity index (χ2n) is 7.55. The fraction of sp³-hybridized carbons (Fsp3) is 0.435. The van der Waals surface area contributed by atoms with Gasteiger partial charge < -0.3 is 20.1 Å². The largest absolute Gasteiger partial charge is 0.497 e. The molecule has 9 heteroatoms. The van der Waals surface area contributed by atoms with Crippen LogP contribution in [0.2, 0.25) is 0 Å². The molecule has 1 fully saturated rings. The third-order valence-corrected chi connectivity index (χ3v) is 5.37. The third kappa shape index (κ3) is 7.19. The van der Waals surface area contributed by atoms with Crippen LogP contribution < -0.4 is 20.1 Å². The van der Waals surface area contributed by atoms with Gasteiger partial charge in [-0.3, -0.25) is 9.89 Å². The van der Waals surface area contributed by atoms with Crippen molar-refractivity contribution in [3.63, 3.8) is 0 Å². The quantitative estimate of drug-likeness (QED) is 0.294. The molecule has 0 radical (unpaired) electrons. The number of halogens is 3. The molecule has 1 unspecified atom stereocenters. The van der Waals surface area contributed by atoms with Gasteiger partial charge in [0, 0.05) is 45.3 Å². The number of methoxy groups -OCH3 is 2. The number of ether oxygens (including phenoxy) is 2. The van der Waals surface area contributed by atoms with Gasteiger partial charge in [0.15, 0.2) is 17.6 Å². The normalized spacial score (nSPS) is 16.4. The summed E-state index contributed by atoms with van der Waals surface area (Å²) in [5.41, 5.74) is 1.49. The minimum Gasteiger partial charge on any atom is -0.497 e. The highest BCUT2D eigenvalue weighted by Crippen LogP contribution is 2.24. The van der Waals surface area contributed by atoms with E-state index in [1.54, 1.807) is 27.3 Å². The molecule has 0 spiro atoms. The zero-order valence-corrected chi connectivity index (χ0v) is 21.0. The van der Waals surface area contributed by atoms with Crippen LogP contribution in [0.4, 0.5) is 8.78 Å². The Bertz CT molecular complexity index is 891. The van der Waals surface area contributed by atoms with Crippen LogP contribution >= 0.6 is 24.0 Å². The van der Waals surface area contributed by atoms with E-state index in [2.05, 4.69) is 20.5 Å². The zero-order valence-electron chi connectivity index (χ0n) is 18.7. The van der Waals surface area contributed by atoms with Gasteiger partial charge in [-0.25, -0.2) is 8.78 Å². The molecule has 1 aliphatic rings. The third-order valence-electron chi connectivity index (χ3n) is 5.37. The summed E-state index contributed by atoms with van der Waals surface area (Å²) in [5.74, 6) is 0.615. The Hall–Kier alpha value is -2.14. The lowest BCUT2D eigenvalue weighted by atomic mass is 10.1. The molecule has 1 aliphatic heterocycles. The zero-order chi connectivity index (χ0) is 22.2. The lowest BCUT2D eigenvalue weighted by Gasteiger charge is -2.19. The highest BCUT2D eigenvalue weighted by molar-refractivity contribution is 14.0. The van der Waals surface area contributed by atoms with E-state index in [9.17, 15) is 8.78 Å². The maximum atomic E-state index is 13.8. The number of hydrogen-bond acceptors (Lipinski definition) is 4. The number of nitrogens with zero attached hydrogens (tertiary/aromatic N) is 2. The molecule has 1 heterocycles. The lowest BCUT2D eigenvalue weighted by Crippen LogP contribution is -2.45. The van der Waals surface area contributed by atoms with Crippen LogP contribution in [0.1, 0.15) is 17.5 Å². The molecule has 0 aromatic heterocycles. The first kappa shape index (κ1) is 26.1. The van der Waals surface area contributed by atoms with Crippen molar-refractivity contribution in [3.05, 3.63) is 59.2 Å². The minimum atomic E-state index is -0.820. The van der Waals surface area contributed by atoms with E-state index in [1.807, 2.05) is 18.2 Å². The summed E-state index contributed by atoms with van der Waals surface area (Å²) < 4.78 is 37.8. The second-order valence-corrected chi connectivity index (χ2v) is 7.55. The first-order chi connectivity index (χ1) is 15.0. The van der Waals surface area contributed by atoms with Gasteiger partial charge >= 0.3 is 0 Å². The molecular formula is C23H31F2IN4O2. The van der Waals surface area contributed by atoms with Crippen molar-refractivity contribution in [1.82, 2.24) is 15.5 Å². The summed E-state index contributed by atoms with van der Waals surface area (Å²) >= 11 is 0. The number of aliphatic imine (C=N–C) groups is 1. The van der Waals surface area contributed by atoms with Gasteiger partial charge in [0.05, 0.1) is 14.2 Å². The van der Waals surface area contributed by atoms with Gasteiger partial charge in [-0.15, -0.1) is 24.0 Å². The maximum Gasteiger partial charge on any atom is 0.191 e. The topological polar surface area (TPSA) is 58.1 Å². The van der Waals surface area contributed by atoms with Gasteiger partial charge in [0.1, 0.15) is 11.5 Å². The SMILES string of the molecule is CN=C(NCCc1cccc(F)c1F)NC1CCN(Cc2cc(OC)cc(OC)c2)C1.I. The number of likely N-dealkylation sites (tertiary alicyclic amines) is 1. The molecule has 0 aliphatic carbocycles. The average molecular weight is 560 g/mol. The summed E-state index contributed by atoms with van der Waals surface area (Å²) in [5, 5.41) is 6.60. The van der Waals surface area contributed by atoms with E-state index in [0.717, 1.165) is 49.2 Å². The standard InChI is InChI=1S/C23H30F2N4O2.HI/c1-26-23(27-9-7-17-5-4-6-21(24)22(17)25)28-18-8-10-29(15-18)14-16-11-19(30-2)13-20(12-16)31-3;/h4-6,11-13,18H,7-10,14-15H2,1-3H3,(H2,26,27,28);1H. The highest BCUT2D eigenvalue weighted by atomic mass is 127. The Labute approximate surface area is 205 Å². The molecule has 2 aromatic rings. The molecule has 0 saturated carbocycles. The predicted octanol–water partition coefficient (Wildman–Crippen LogP) is 3.58. The fourth-order valence-electron chi connectivity index (χ4n) is 3.76. The maximum absolute atomic E-state index is 13.8. The molecule has 3 rings (SSSR count). The van der Waals surface area contributed by atoms with Gasteiger partial charge in [0.2, 0.25) is 0 Å². The average Bonchev–Trinajstić information content (AvgIpc) is 3.22. The van der Waals surface area contributed by atoms with E-state index >= 15 is 0 Å². The Kier molecular flexibility index (Phi) is 10.4. The monoisotopic (exact) mass is 560 g/mol. The summed E-state index contributed by atoms with van der Waals surface area (Å²) in [6, 6.07) is 10.4. The van der Waals surface area contributed by atoms with Crippen LogP contribution in [-0.4, -0.2) is 57.8 Å². The Balaban J connectivity index is 0.00000363. The molecule has 176 valence electrons. The van der Waals surface area contributed by atoms with Crippen LogP contribution in [0.15, 0.2) is 41.4 Å². The van der Waals surface area contributed by atoms with Crippen molar-refractivity contribution in [1.29, 1.82) is 0 Å². The molecule has 2 aromatic carbocycles. The molecule has 0 amide bonds. The lowest BCUT2D eigenvalue weighted by molar-refractivity contribution is 0.321. The predicted molar refractivity (Wildman–Crippen MR) is 133 cm³/mol. The van der Waals surface area contributed by atoms with Crippen LogP contribution in [0.3, 0.4) is 0 Å². The number of nitrogens with one attached hydrogen (secondary N) is 2. The van der Waals surface area contributed by atoms with Gasteiger partial charge in [0.25, 0.3) is 0 Å². The Morgan fingerprint density at radius 1 is 1.16 bits per heavy atom. The van der Waals surface area contributed by atoms with Gasteiger partial charge in [-0.2, -0.15) is 0 Å². The molecule has 1 saturated heterocycles. The second kappa shape index (κ2) is 12.8. The van der Waals surface area contributed by atoms with Gasteiger partial charge in [-0.05, 0) is 42.2 Å². The van der Waals surface area contributed by atoms with Crippen molar-refractivity contribution in [3.8, 4) is 11.5 Å². The Morgan fingerprint density at radius 3 is 2.53 bits per heavy atom. The van der Waals surface area contributed by atoms with Crippen molar-refractivity contribution in [2.75, 3.05) is 40.9 Å². The summed E-state index contributed by atoms with van der Waals surface area (Å²) in [7, 11) is 5.00. The number of rotatable bonds is 8. The van der Waals surface area contributed by atoms with Crippen LogP contribution in [0.25, 0.3) is 0 Å². The molecular weight excluding hydrogens is 529 g/mol. The molecule has 1 atom stereocenters. The van der Waals surface area contributed by atoms with E-state index in [4.69, 9.17) is 9.47 Å². The number of benzene rings is 2. The first-order valence-corrected chi connectivity index (χ1v) is 10.4. The molecule has 0 bridgehead atoms. The van der Waals surface area contributed by atoms with Crippen LogP contribution in [-0.2, 0) is 13.0 Å². The molecule has 2 N–H and O–H groups in total. The minimum absolute atomic E-state index is 0. The molecule has 32 heavy (non-hydrogen) atoms. The number of guanidine groups is 1. The van der Waals surface area contributed by atoms with E-state index in [0.29, 0.717) is 24.5 Å². The van der Waals surface area contributed by atoms with Gasteiger partial charge in [-0.1, -0.05) is 12.1 Å². The van der Waals surface area contributed by atoms with E-state index in [1.165, 1.54) is 6.07 Å². The van der Waals surface area contributed by atoms with Crippen molar-refractivity contribution in [2.45, 2.75) is 25.4 Å². The van der Waals surface area contributed by atoms with E-state index < -0.39 is 11.6 Å².